The van der Waals surface area contributed by atoms with Crippen molar-refractivity contribution in [2.45, 2.75) is 167 Å². The van der Waals surface area contributed by atoms with Crippen LogP contribution in [-0.2, 0) is 47.7 Å². The summed E-state index contributed by atoms with van der Waals surface area (Å²) < 4.78 is 29.4. The first kappa shape index (κ1) is 51.6. The summed E-state index contributed by atoms with van der Waals surface area (Å²) in [6.07, 6.45) is 10.8. The van der Waals surface area contributed by atoms with Gasteiger partial charge in [0.25, 0.3) is 11.7 Å². The SMILES string of the molecule is CO[C@H]1C[C@@H]2CC[C@@H](C)[C@@](O)(O2)C(=O)C(=O)N2CCC[C@@H]3C(C[C@@H]4CC[C@@H](O)[C@H](OC)C4)[C@H](CC(=O)C(C)/C=C(\C)[C@@H](O)[C@@H](OC)C(=O)[C@H](C)CC(C)/C=C/C=C/C=C1C)OC(=O)[C@H]32. The van der Waals surface area contributed by atoms with Gasteiger partial charge >= 0.3 is 5.97 Å². The molecular weight excluding hydrogens is 823 g/mol. The number of fused-ring (bicyclic) bond motifs is 4. The normalized spacial score (nSPS) is 42.3. The average Bonchev–Trinajstić information content (AvgIpc) is 3.27. The first-order valence-corrected chi connectivity index (χ1v) is 23.5. The first-order chi connectivity index (χ1) is 30.3. The number of rotatable bonds is 5. The molecule has 5 rings (SSSR count). The van der Waals surface area contributed by atoms with Gasteiger partial charge in [0.05, 0.1) is 24.4 Å². The van der Waals surface area contributed by atoms with Crippen molar-refractivity contribution in [1.29, 1.82) is 0 Å². The van der Waals surface area contributed by atoms with Crippen LogP contribution in [0.15, 0.2) is 47.6 Å². The summed E-state index contributed by atoms with van der Waals surface area (Å²) in [7, 11) is 4.52. The number of carbonyl (C=O) groups excluding carboxylic acids is 5. The van der Waals surface area contributed by atoms with Gasteiger partial charge in [-0.05, 0) is 101 Å². The predicted octanol–water partition coefficient (Wildman–Crippen LogP) is 5.40. The fourth-order valence-electron chi connectivity index (χ4n) is 10.9. The number of aliphatic hydroxyl groups excluding tert-OH is 2. The molecule has 0 aromatic rings. The van der Waals surface area contributed by atoms with Gasteiger partial charge in [-0.3, -0.25) is 19.2 Å². The molecular formula is C50H75NO13. The number of aliphatic hydroxyl groups is 3. The molecule has 0 aromatic heterocycles. The highest BCUT2D eigenvalue weighted by Crippen LogP contribution is 2.45. The van der Waals surface area contributed by atoms with Crippen LogP contribution in [0.2, 0.25) is 0 Å². The van der Waals surface area contributed by atoms with Gasteiger partial charge in [-0.1, -0.05) is 64.2 Å². The van der Waals surface area contributed by atoms with Crippen molar-refractivity contribution in [3.8, 4) is 0 Å². The molecule has 64 heavy (non-hydrogen) atoms. The minimum atomic E-state index is -2.43. The zero-order valence-electron chi connectivity index (χ0n) is 39.5. The van der Waals surface area contributed by atoms with Gasteiger partial charge in [-0.25, -0.2) is 4.79 Å². The van der Waals surface area contributed by atoms with E-state index in [4.69, 9.17) is 23.7 Å². The zero-order chi connectivity index (χ0) is 47.0. The van der Waals surface area contributed by atoms with Crippen LogP contribution in [0, 0.1) is 41.4 Å². The number of Topliss-reactive ketones (excluding diaryl/α,β-unsaturated/α-hetero) is 3. The summed E-state index contributed by atoms with van der Waals surface area (Å²) in [5, 5.41) is 34.1. The Morgan fingerprint density at radius 2 is 1.58 bits per heavy atom. The molecule has 3 saturated heterocycles. The smallest absolute Gasteiger partial charge is 0.329 e. The zero-order valence-corrected chi connectivity index (χ0v) is 39.5. The first-order valence-electron chi connectivity index (χ1n) is 23.5. The van der Waals surface area contributed by atoms with Gasteiger partial charge in [0, 0.05) is 64.4 Å². The van der Waals surface area contributed by atoms with Crippen LogP contribution >= 0.6 is 0 Å². The summed E-state index contributed by atoms with van der Waals surface area (Å²) >= 11 is 0. The second kappa shape index (κ2) is 22.9. The molecule has 4 bridgehead atoms. The van der Waals surface area contributed by atoms with Crippen LogP contribution in [-0.4, -0.2) is 132 Å². The minimum Gasteiger partial charge on any atom is -0.460 e. The molecule has 1 aliphatic carbocycles. The highest BCUT2D eigenvalue weighted by Gasteiger charge is 2.57. The van der Waals surface area contributed by atoms with Gasteiger partial charge in [0.15, 0.2) is 5.78 Å². The summed E-state index contributed by atoms with van der Waals surface area (Å²) in [5.41, 5.74) is 1.28. The van der Waals surface area contributed by atoms with Crippen molar-refractivity contribution in [2.75, 3.05) is 27.9 Å². The lowest BCUT2D eigenvalue weighted by Gasteiger charge is -2.50. The Morgan fingerprint density at radius 1 is 0.844 bits per heavy atom. The van der Waals surface area contributed by atoms with E-state index < -0.39 is 95.7 Å². The molecule has 0 aromatic carbocycles. The Balaban J connectivity index is 1.51. The Kier molecular flexibility index (Phi) is 18.5. The molecule has 5 aliphatic rings. The maximum Gasteiger partial charge on any atom is 0.329 e. The maximum absolute atomic E-state index is 14.4. The second-order valence-corrected chi connectivity index (χ2v) is 19.5. The van der Waals surface area contributed by atoms with Crippen LogP contribution in [0.1, 0.15) is 112 Å². The van der Waals surface area contributed by atoms with E-state index in [0.29, 0.717) is 69.8 Å². The van der Waals surface area contributed by atoms with Gasteiger partial charge < -0.3 is 43.9 Å². The predicted molar refractivity (Wildman–Crippen MR) is 238 cm³/mol. The molecule has 14 nitrogen and oxygen atoms in total. The van der Waals surface area contributed by atoms with Gasteiger partial charge in [-0.15, -0.1) is 0 Å². The van der Waals surface area contributed by atoms with Crippen LogP contribution in [0.3, 0.4) is 0 Å². The largest absolute Gasteiger partial charge is 0.460 e. The average molecular weight is 898 g/mol. The molecule has 4 aliphatic heterocycles. The number of piperidine rings is 1. The van der Waals surface area contributed by atoms with E-state index in [0.717, 1.165) is 5.57 Å². The lowest BCUT2D eigenvalue weighted by Crippen LogP contribution is -2.65. The molecule has 4 heterocycles. The lowest BCUT2D eigenvalue weighted by molar-refractivity contribution is -0.266. The standard InChI is InChI=1S/C50H75NO13/c1-28-14-11-10-12-15-29(2)40(60-7)26-35-19-17-33(6)50(59,64-35)47(56)48(57)51-21-13-16-36-37(24-34-18-20-38(52)42(25-34)61-8)41(63-49(58)43(36)51)27-39(53)30(3)23-32(5)45(55)46(62-9)44(54)31(4)22-28/h10-12,14-15,23,28,30-31,33-38,40-43,45-46,52,55,59H,13,16-22,24-27H2,1-9H3/b12-10+,14-11+,29-15?,32-23+/t28?,30?,31-,33-,34+,35+,36-,37?,38-,40+,41+,42-,43+,45-,46+,50-/m1/s1. The third-order valence-corrected chi connectivity index (χ3v) is 14.9. The number of ketones is 3. The van der Waals surface area contributed by atoms with E-state index >= 15 is 0 Å². The Bertz CT molecular complexity index is 1790. The van der Waals surface area contributed by atoms with Crippen molar-refractivity contribution in [3.63, 3.8) is 0 Å². The van der Waals surface area contributed by atoms with Crippen LogP contribution in [0.25, 0.3) is 0 Å². The van der Waals surface area contributed by atoms with Gasteiger partial charge in [0.1, 0.15) is 30.1 Å². The molecule has 3 N–H and O–H groups in total. The quantitative estimate of drug-likeness (QED) is 0.181. The fourth-order valence-corrected chi connectivity index (χ4v) is 10.9. The van der Waals surface area contributed by atoms with Crippen molar-refractivity contribution in [2.24, 2.45) is 41.4 Å². The molecule has 14 heteroatoms. The van der Waals surface area contributed by atoms with E-state index in [-0.39, 0.29) is 42.5 Å². The van der Waals surface area contributed by atoms with Gasteiger partial charge in [0.2, 0.25) is 5.79 Å². The lowest BCUT2D eigenvalue weighted by atomic mass is 9.68. The number of carbonyl (C=O) groups is 5. The molecule has 16 atom stereocenters. The third kappa shape index (κ3) is 12.0. The van der Waals surface area contributed by atoms with Crippen LogP contribution in [0.4, 0.5) is 0 Å². The number of esters is 1. The number of methoxy groups -OCH3 is 3. The Morgan fingerprint density at radius 3 is 2.27 bits per heavy atom. The Labute approximate surface area is 379 Å². The van der Waals surface area contributed by atoms with Gasteiger partial charge in [-0.2, -0.15) is 0 Å². The fraction of sp³-hybridized carbons (Fsp3) is 0.740. The summed E-state index contributed by atoms with van der Waals surface area (Å²) in [5.74, 6) is -8.43. The molecule has 1 amide bonds. The summed E-state index contributed by atoms with van der Waals surface area (Å²) in [6, 6.07) is -1.12. The van der Waals surface area contributed by atoms with Crippen LogP contribution in [0.5, 0.6) is 0 Å². The molecule has 1 saturated carbocycles. The molecule has 0 spiro atoms. The third-order valence-electron chi connectivity index (χ3n) is 14.9. The number of hydrogen-bond acceptors (Lipinski definition) is 13. The highest BCUT2D eigenvalue weighted by atomic mass is 16.6. The number of amides is 1. The van der Waals surface area contributed by atoms with Crippen LogP contribution < -0.4 is 0 Å². The minimum absolute atomic E-state index is 0.0231. The van der Waals surface area contributed by atoms with Crippen molar-refractivity contribution in [3.05, 3.63) is 47.6 Å². The van der Waals surface area contributed by atoms with Crippen molar-refractivity contribution in [1.82, 2.24) is 4.90 Å². The number of hydrogen-bond donors (Lipinski definition) is 3. The van der Waals surface area contributed by atoms with E-state index in [1.165, 1.54) is 12.0 Å². The molecule has 4 fully saturated rings. The maximum atomic E-state index is 14.4. The number of allylic oxidation sites excluding steroid dienone is 6. The van der Waals surface area contributed by atoms with Crippen molar-refractivity contribution < 1.29 is 63.0 Å². The highest BCUT2D eigenvalue weighted by molar-refractivity contribution is 6.39. The number of ether oxygens (including phenoxy) is 5. The number of nitrogens with zero attached hydrogens (tertiary/aromatic N) is 1. The summed E-state index contributed by atoms with van der Waals surface area (Å²) in [4.78, 5) is 72.0. The monoisotopic (exact) mass is 898 g/mol. The topological polar surface area (TPSA) is 195 Å². The second-order valence-electron chi connectivity index (χ2n) is 19.5. The van der Waals surface area contributed by atoms with Crippen molar-refractivity contribution >= 4 is 29.2 Å². The molecule has 0 radical (unpaired) electrons. The molecule has 358 valence electrons. The van der Waals surface area contributed by atoms with E-state index in [2.05, 4.69) is 0 Å². The summed E-state index contributed by atoms with van der Waals surface area (Å²) in [6.45, 7) is 10.9. The van der Waals surface area contributed by atoms with E-state index in [1.807, 2.05) is 51.2 Å². The van der Waals surface area contributed by atoms with E-state index in [1.54, 1.807) is 41.1 Å². The van der Waals surface area contributed by atoms with E-state index in [9.17, 15) is 39.3 Å². The Hall–Kier alpha value is -3.37. The molecule has 3 unspecified atom stereocenters.